The Morgan fingerprint density at radius 3 is 2.69 bits per heavy atom. The molecular weight excluding hydrogens is 379 g/mol. The number of nitriles is 1. The summed E-state index contributed by atoms with van der Waals surface area (Å²) in [4.78, 5) is 13.1. The van der Waals surface area contributed by atoms with Gasteiger partial charge in [-0.15, -0.1) is 0 Å². The van der Waals surface area contributed by atoms with Crippen molar-refractivity contribution in [3.8, 4) is 17.3 Å². The number of hydrogen-bond acceptors (Lipinski definition) is 5. The first kappa shape index (κ1) is 21.2. The Kier molecular flexibility index (Phi) is 6.83. The molecule has 0 bridgehead atoms. The lowest BCUT2D eigenvalue weighted by molar-refractivity contribution is -0.137. The molecule has 0 radical (unpaired) electrons. The van der Waals surface area contributed by atoms with Crippen molar-refractivity contribution in [3.63, 3.8) is 0 Å². The highest BCUT2D eigenvalue weighted by atomic mass is 19.4. The molecule has 3 rings (SSSR count). The second kappa shape index (κ2) is 9.33. The average Bonchev–Trinajstić information content (AvgIpc) is 2.91. The van der Waals surface area contributed by atoms with E-state index in [4.69, 9.17) is 0 Å². The third kappa shape index (κ3) is 5.99. The third-order valence-electron chi connectivity index (χ3n) is 5.08. The van der Waals surface area contributed by atoms with Gasteiger partial charge < -0.3 is 9.80 Å². The van der Waals surface area contributed by atoms with Crippen LogP contribution in [0.3, 0.4) is 0 Å². The van der Waals surface area contributed by atoms with E-state index in [1.807, 2.05) is 6.07 Å². The van der Waals surface area contributed by atoms with Crippen LogP contribution in [-0.2, 0) is 12.6 Å². The lowest BCUT2D eigenvalue weighted by Crippen LogP contribution is -2.30. The molecule has 1 saturated heterocycles. The van der Waals surface area contributed by atoms with E-state index < -0.39 is 11.7 Å². The molecular formula is C21H24F3N5. The predicted octanol–water partition coefficient (Wildman–Crippen LogP) is 3.60. The summed E-state index contributed by atoms with van der Waals surface area (Å²) in [6, 6.07) is 8.60. The van der Waals surface area contributed by atoms with E-state index >= 15 is 0 Å². The maximum absolute atomic E-state index is 13.0. The lowest BCUT2D eigenvalue weighted by atomic mass is 10.1. The average molecular weight is 403 g/mol. The Morgan fingerprint density at radius 2 is 1.93 bits per heavy atom. The molecule has 1 aromatic heterocycles. The van der Waals surface area contributed by atoms with Crippen molar-refractivity contribution in [1.29, 1.82) is 5.26 Å². The minimum absolute atomic E-state index is 0.0219. The number of benzene rings is 1. The number of aryl methyl sites for hydroxylation is 1. The van der Waals surface area contributed by atoms with E-state index in [2.05, 4.69) is 26.8 Å². The Bertz CT molecular complexity index is 875. The summed E-state index contributed by atoms with van der Waals surface area (Å²) in [6.45, 7) is 5.17. The van der Waals surface area contributed by atoms with E-state index in [0.717, 1.165) is 57.7 Å². The molecule has 29 heavy (non-hydrogen) atoms. The molecule has 0 aliphatic carbocycles. The van der Waals surface area contributed by atoms with Crippen LogP contribution < -0.4 is 0 Å². The number of halogens is 3. The minimum Gasteiger partial charge on any atom is -0.305 e. The number of alkyl halides is 3. The fraction of sp³-hybridized carbons (Fsp3) is 0.476. The molecule has 2 aromatic rings. The molecule has 5 nitrogen and oxygen atoms in total. The first-order valence-electron chi connectivity index (χ1n) is 9.72. The molecule has 0 spiro atoms. The van der Waals surface area contributed by atoms with Gasteiger partial charge in [-0.1, -0.05) is 12.1 Å². The van der Waals surface area contributed by atoms with Crippen molar-refractivity contribution in [2.75, 3.05) is 39.8 Å². The van der Waals surface area contributed by atoms with Gasteiger partial charge >= 0.3 is 6.18 Å². The highest BCUT2D eigenvalue weighted by Gasteiger charge is 2.30. The molecule has 154 valence electrons. The zero-order valence-corrected chi connectivity index (χ0v) is 16.4. The number of aromatic nitrogens is 2. The summed E-state index contributed by atoms with van der Waals surface area (Å²) in [5, 5.41) is 9.23. The van der Waals surface area contributed by atoms with Crippen molar-refractivity contribution < 1.29 is 13.2 Å². The monoisotopic (exact) mass is 403 g/mol. The van der Waals surface area contributed by atoms with Crippen molar-refractivity contribution in [1.82, 2.24) is 19.8 Å². The highest BCUT2D eigenvalue weighted by molar-refractivity contribution is 5.61. The first-order valence-corrected chi connectivity index (χ1v) is 9.72. The summed E-state index contributed by atoms with van der Waals surface area (Å²) in [5.41, 5.74) is 0.611. The van der Waals surface area contributed by atoms with Gasteiger partial charge in [0.2, 0.25) is 5.82 Å². The molecule has 0 N–H and O–H groups in total. The molecule has 0 atom stereocenters. The van der Waals surface area contributed by atoms with Crippen LogP contribution in [0.4, 0.5) is 13.2 Å². The SMILES string of the molecule is CN1CCCN(CCCc2cc(-c3cccc(C(F)(F)F)c3)nc(C#N)n2)CC1. The summed E-state index contributed by atoms with van der Waals surface area (Å²) in [6.07, 6.45) is -1.77. The Morgan fingerprint density at radius 1 is 1.10 bits per heavy atom. The smallest absolute Gasteiger partial charge is 0.305 e. The number of rotatable bonds is 5. The van der Waals surface area contributed by atoms with Gasteiger partial charge in [-0.3, -0.25) is 0 Å². The van der Waals surface area contributed by atoms with E-state index in [-0.39, 0.29) is 5.82 Å². The van der Waals surface area contributed by atoms with Gasteiger partial charge in [-0.05, 0) is 64.1 Å². The van der Waals surface area contributed by atoms with Crippen LogP contribution in [0.25, 0.3) is 11.3 Å². The van der Waals surface area contributed by atoms with Crippen LogP contribution in [0.5, 0.6) is 0 Å². The normalized spacial score (nSPS) is 16.4. The summed E-state index contributed by atoms with van der Waals surface area (Å²) >= 11 is 0. The molecule has 8 heteroatoms. The second-order valence-corrected chi connectivity index (χ2v) is 7.36. The van der Waals surface area contributed by atoms with Crippen LogP contribution in [0.15, 0.2) is 30.3 Å². The topological polar surface area (TPSA) is 56.0 Å². The van der Waals surface area contributed by atoms with Gasteiger partial charge in [-0.25, -0.2) is 9.97 Å². The Labute approximate surface area is 168 Å². The van der Waals surface area contributed by atoms with E-state index in [0.29, 0.717) is 23.4 Å². The largest absolute Gasteiger partial charge is 0.416 e. The fourth-order valence-corrected chi connectivity index (χ4v) is 3.49. The summed E-state index contributed by atoms with van der Waals surface area (Å²) in [5.74, 6) is -0.0219. The number of hydrogen-bond donors (Lipinski definition) is 0. The van der Waals surface area contributed by atoms with Gasteiger partial charge in [0.15, 0.2) is 0 Å². The maximum Gasteiger partial charge on any atom is 0.416 e. The predicted molar refractivity (Wildman–Crippen MR) is 104 cm³/mol. The molecule has 2 heterocycles. The zero-order valence-electron chi connectivity index (χ0n) is 16.4. The summed E-state index contributed by atoms with van der Waals surface area (Å²) in [7, 11) is 2.13. The first-order chi connectivity index (χ1) is 13.8. The van der Waals surface area contributed by atoms with Crippen LogP contribution in [0, 0.1) is 11.3 Å². The molecule has 0 saturated carbocycles. The van der Waals surface area contributed by atoms with Gasteiger partial charge in [-0.2, -0.15) is 18.4 Å². The summed E-state index contributed by atoms with van der Waals surface area (Å²) < 4.78 is 39.0. The Balaban J connectivity index is 1.72. The molecule has 1 aliphatic rings. The maximum atomic E-state index is 13.0. The molecule has 1 aliphatic heterocycles. The molecule has 0 amide bonds. The van der Waals surface area contributed by atoms with E-state index in [9.17, 15) is 18.4 Å². The molecule has 1 aromatic carbocycles. The van der Waals surface area contributed by atoms with Gasteiger partial charge in [0, 0.05) is 24.3 Å². The van der Waals surface area contributed by atoms with Gasteiger partial charge in [0.05, 0.1) is 11.3 Å². The molecule has 1 fully saturated rings. The van der Waals surface area contributed by atoms with Crippen LogP contribution in [0.1, 0.15) is 29.9 Å². The molecule has 0 unspecified atom stereocenters. The fourth-order valence-electron chi connectivity index (χ4n) is 3.49. The number of likely N-dealkylation sites (N-methyl/N-ethyl adjacent to an activating group) is 1. The van der Waals surface area contributed by atoms with Crippen LogP contribution >= 0.6 is 0 Å². The van der Waals surface area contributed by atoms with Crippen LogP contribution in [-0.4, -0.2) is 59.5 Å². The van der Waals surface area contributed by atoms with Gasteiger partial charge in [0.1, 0.15) is 6.07 Å². The van der Waals surface area contributed by atoms with Crippen molar-refractivity contribution in [2.24, 2.45) is 0 Å². The zero-order chi connectivity index (χ0) is 20.9. The minimum atomic E-state index is -4.43. The van der Waals surface area contributed by atoms with Gasteiger partial charge in [0.25, 0.3) is 0 Å². The Hall–Kier alpha value is -2.50. The highest BCUT2D eigenvalue weighted by Crippen LogP contribution is 2.31. The quantitative estimate of drug-likeness (QED) is 0.764. The van der Waals surface area contributed by atoms with E-state index in [1.165, 1.54) is 6.07 Å². The van der Waals surface area contributed by atoms with E-state index in [1.54, 1.807) is 12.1 Å². The van der Waals surface area contributed by atoms with Crippen molar-refractivity contribution in [2.45, 2.75) is 25.4 Å². The standard InChI is InChI=1S/C21H24F3N5/c1-28-8-4-10-29(12-11-28)9-3-7-18-14-19(27-20(15-25)26-18)16-5-2-6-17(13-16)21(22,23)24/h2,5-6,13-14H,3-4,7-12H2,1H3. The van der Waals surface area contributed by atoms with Crippen molar-refractivity contribution >= 4 is 0 Å². The third-order valence-corrected chi connectivity index (χ3v) is 5.08. The second-order valence-electron chi connectivity index (χ2n) is 7.36. The lowest BCUT2D eigenvalue weighted by Gasteiger charge is -2.19. The number of nitrogens with zero attached hydrogens (tertiary/aromatic N) is 5. The van der Waals surface area contributed by atoms with Crippen LogP contribution in [0.2, 0.25) is 0 Å². The van der Waals surface area contributed by atoms with Crippen molar-refractivity contribution in [3.05, 3.63) is 47.4 Å².